The number of sulfone groups is 1. The Kier molecular flexibility index (Phi) is 5.22. The van der Waals surface area contributed by atoms with Gasteiger partial charge in [-0.05, 0) is 42.8 Å². The van der Waals surface area contributed by atoms with E-state index in [1.807, 2.05) is 13.0 Å². The highest BCUT2D eigenvalue weighted by Gasteiger charge is 2.15. The van der Waals surface area contributed by atoms with Gasteiger partial charge in [-0.3, -0.25) is 9.78 Å². The Labute approximate surface area is 130 Å². The third-order valence-electron chi connectivity index (χ3n) is 3.14. The molecule has 2 rings (SSSR count). The van der Waals surface area contributed by atoms with E-state index in [0.717, 1.165) is 11.1 Å². The van der Waals surface area contributed by atoms with E-state index in [1.54, 1.807) is 48.8 Å². The van der Waals surface area contributed by atoms with Crippen LogP contribution in [0.2, 0.25) is 0 Å². The lowest BCUT2D eigenvalue weighted by Gasteiger charge is -2.03. The molecule has 0 aliphatic heterocycles. The molecule has 2 aromatic rings. The number of rotatable bonds is 6. The summed E-state index contributed by atoms with van der Waals surface area (Å²) >= 11 is 0. The highest BCUT2D eigenvalue weighted by Crippen LogP contribution is 2.13. The maximum Gasteiger partial charge on any atom is 0.178 e. The zero-order valence-corrected chi connectivity index (χ0v) is 13.1. The molecule has 0 radical (unpaired) electrons. The van der Waals surface area contributed by atoms with E-state index >= 15 is 0 Å². The monoisotopic (exact) mass is 315 g/mol. The number of aromatic nitrogens is 1. The fraction of sp³-hybridized carbons (Fsp3) is 0.176. The maximum absolute atomic E-state index is 12.1. The number of ketones is 1. The van der Waals surface area contributed by atoms with E-state index in [9.17, 15) is 13.2 Å². The smallest absolute Gasteiger partial charge is 0.178 e. The van der Waals surface area contributed by atoms with E-state index in [0.29, 0.717) is 0 Å². The number of carbonyl (C=O) groups excluding carboxylic acids is 1. The number of nitrogens with zero attached hydrogens (tertiary/aromatic N) is 1. The fourth-order valence-corrected chi connectivity index (χ4v) is 3.10. The molecule has 0 fully saturated rings. The molecule has 0 atom stereocenters. The summed E-state index contributed by atoms with van der Waals surface area (Å²) in [5.41, 5.74) is 1.80. The van der Waals surface area contributed by atoms with Crippen LogP contribution in [0.3, 0.4) is 0 Å². The average molecular weight is 315 g/mol. The summed E-state index contributed by atoms with van der Waals surface area (Å²) in [5, 5.41) is 0. The van der Waals surface area contributed by atoms with Gasteiger partial charge in [-0.2, -0.15) is 0 Å². The Morgan fingerprint density at radius 2 is 1.91 bits per heavy atom. The topological polar surface area (TPSA) is 64.1 Å². The minimum atomic E-state index is -3.42. The van der Waals surface area contributed by atoms with E-state index in [2.05, 4.69) is 4.98 Å². The van der Waals surface area contributed by atoms with Gasteiger partial charge in [0.1, 0.15) is 0 Å². The molecule has 0 saturated carbocycles. The number of hydrogen-bond donors (Lipinski definition) is 0. The molecule has 0 aliphatic rings. The van der Waals surface area contributed by atoms with Gasteiger partial charge in [0, 0.05) is 18.8 Å². The minimum absolute atomic E-state index is 0.0348. The van der Waals surface area contributed by atoms with Crippen molar-refractivity contribution in [2.45, 2.75) is 18.2 Å². The third-order valence-corrected chi connectivity index (χ3v) is 4.88. The largest absolute Gasteiger partial charge is 0.295 e. The number of pyridine rings is 1. The van der Waals surface area contributed by atoms with Crippen molar-refractivity contribution in [2.75, 3.05) is 5.75 Å². The predicted molar refractivity (Wildman–Crippen MR) is 86.1 cm³/mol. The van der Waals surface area contributed by atoms with Crippen LogP contribution in [0.4, 0.5) is 0 Å². The second-order valence-corrected chi connectivity index (χ2v) is 7.08. The van der Waals surface area contributed by atoms with Gasteiger partial charge in [-0.1, -0.05) is 23.8 Å². The Hall–Kier alpha value is -2.27. The van der Waals surface area contributed by atoms with Gasteiger partial charge in [0.25, 0.3) is 0 Å². The second kappa shape index (κ2) is 7.13. The molecule has 1 aromatic heterocycles. The van der Waals surface area contributed by atoms with Crippen molar-refractivity contribution in [3.05, 3.63) is 66.0 Å². The molecule has 0 amide bonds. The molecule has 0 spiro atoms. The van der Waals surface area contributed by atoms with Crippen LogP contribution in [-0.4, -0.2) is 24.9 Å². The molecule has 1 aromatic carbocycles. The highest BCUT2D eigenvalue weighted by atomic mass is 32.2. The average Bonchev–Trinajstić information content (AvgIpc) is 2.52. The summed E-state index contributed by atoms with van der Waals surface area (Å²) in [6.45, 7) is 1.89. The van der Waals surface area contributed by atoms with Crippen molar-refractivity contribution in [3.8, 4) is 0 Å². The van der Waals surface area contributed by atoms with E-state index in [-0.39, 0.29) is 22.9 Å². The summed E-state index contributed by atoms with van der Waals surface area (Å²) < 4.78 is 24.3. The number of benzene rings is 1. The van der Waals surface area contributed by atoms with Crippen LogP contribution in [-0.2, 0) is 14.6 Å². The summed E-state index contributed by atoms with van der Waals surface area (Å²) in [6.07, 6.45) is 6.27. The Bertz CT molecular complexity index is 763. The maximum atomic E-state index is 12.1. The lowest BCUT2D eigenvalue weighted by atomic mass is 10.2. The predicted octanol–water partition coefficient (Wildman–Crippen LogP) is 2.84. The van der Waals surface area contributed by atoms with Gasteiger partial charge >= 0.3 is 0 Å². The first-order chi connectivity index (χ1) is 10.5. The normalized spacial score (nSPS) is 11.7. The number of carbonyl (C=O) groups is 1. The van der Waals surface area contributed by atoms with Gasteiger partial charge in [0.2, 0.25) is 0 Å². The highest BCUT2D eigenvalue weighted by molar-refractivity contribution is 7.91. The Morgan fingerprint density at radius 1 is 1.18 bits per heavy atom. The van der Waals surface area contributed by atoms with E-state index < -0.39 is 9.84 Å². The van der Waals surface area contributed by atoms with Crippen LogP contribution in [0.1, 0.15) is 17.5 Å². The van der Waals surface area contributed by atoms with E-state index in [1.165, 1.54) is 6.08 Å². The Morgan fingerprint density at radius 3 is 2.55 bits per heavy atom. The molecule has 0 N–H and O–H groups in total. The zero-order valence-electron chi connectivity index (χ0n) is 12.3. The molecular formula is C17H17NO3S. The van der Waals surface area contributed by atoms with Crippen LogP contribution in [0, 0.1) is 6.92 Å². The molecule has 22 heavy (non-hydrogen) atoms. The van der Waals surface area contributed by atoms with Gasteiger partial charge in [0.05, 0.1) is 10.6 Å². The second-order valence-electron chi connectivity index (χ2n) is 4.97. The first-order valence-corrected chi connectivity index (χ1v) is 8.53. The van der Waals surface area contributed by atoms with Gasteiger partial charge in [0.15, 0.2) is 15.6 Å². The Balaban J connectivity index is 1.95. The van der Waals surface area contributed by atoms with Crippen molar-refractivity contribution < 1.29 is 13.2 Å². The van der Waals surface area contributed by atoms with Crippen molar-refractivity contribution in [3.63, 3.8) is 0 Å². The SMILES string of the molecule is Cc1ccc(S(=O)(=O)CCC(=O)/C=C/c2cccnc2)cc1. The summed E-state index contributed by atoms with van der Waals surface area (Å²) in [6, 6.07) is 10.2. The molecule has 0 aliphatic carbocycles. The molecule has 0 unspecified atom stereocenters. The summed E-state index contributed by atoms with van der Waals surface area (Å²) in [4.78, 5) is 16.0. The van der Waals surface area contributed by atoms with Crippen molar-refractivity contribution >= 4 is 21.7 Å². The molecule has 114 valence electrons. The van der Waals surface area contributed by atoms with Gasteiger partial charge < -0.3 is 0 Å². The van der Waals surface area contributed by atoms with E-state index in [4.69, 9.17) is 0 Å². The van der Waals surface area contributed by atoms with Crippen LogP contribution in [0.5, 0.6) is 0 Å². The molecule has 0 bridgehead atoms. The first kappa shape index (κ1) is 16.1. The van der Waals surface area contributed by atoms with Gasteiger partial charge in [-0.15, -0.1) is 0 Å². The fourth-order valence-electron chi connectivity index (χ4n) is 1.85. The van der Waals surface area contributed by atoms with Crippen LogP contribution < -0.4 is 0 Å². The molecule has 5 heteroatoms. The number of hydrogen-bond acceptors (Lipinski definition) is 4. The van der Waals surface area contributed by atoms with Crippen molar-refractivity contribution in [1.82, 2.24) is 4.98 Å². The van der Waals surface area contributed by atoms with Crippen LogP contribution in [0.25, 0.3) is 6.08 Å². The number of aryl methyl sites for hydroxylation is 1. The summed E-state index contributed by atoms with van der Waals surface area (Å²) in [7, 11) is -3.42. The molecule has 4 nitrogen and oxygen atoms in total. The third kappa shape index (κ3) is 4.63. The molecular weight excluding hydrogens is 298 g/mol. The van der Waals surface area contributed by atoms with Crippen molar-refractivity contribution in [2.24, 2.45) is 0 Å². The standard InChI is InChI=1S/C17H17NO3S/c1-14-4-8-17(9-5-14)22(20,21)12-10-16(19)7-6-15-3-2-11-18-13-15/h2-9,11,13H,10,12H2,1H3/b7-6+. The first-order valence-electron chi connectivity index (χ1n) is 6.88. The van der Waals surface area contributed by atoms with Crippen LogP contribution in [0.15, 0.2) is 59.8 Å². The zero-order chi connectivity index (χ0) is 16.0. The van der Waals surface area contributed by atoms with Crippen LogP contribution >= 0.6 is 0 Å². The number of allylic oxidation sites excluding steroid dienone is 1. The molecule has 0 saturated heterocycles. The molecule has 1 heterocycles. The van der Waals surface area contributed by atoms with Crippen molar-refractivity contribution in [1.29, 1.82) is 0 Å². The summed E-state index contributed by atoms with van der Waals surface area (Å²) in [5.74, 6) is -0.411. The quantitative estimate of drug-likeness (QED) is 0.769. The lowest BCUT2D eigenvalue weighted by molar-refractivity contribution is -0.114. The van der Waals surface area contributed by atoms with Gasteiger partial charge in [-0.25, -0.2) is 8.42 Å². The lowest BCUT2D eigenvalue weighted by Crippen LogP contribution is -2.10. The minimum Gasteiger partial charge on any atom is -0.295 e.